The van der Waals surface area contributed by atoms with E-state index in [1.54, 1.807) is 0 Å². The van der Waals surface area contributed by atoms with Crippen molar-refractivity contribution in [2.24, 2.45) is 0 Å². The molecule has 0 aliphatic rings. The maximum absolute atomic E-state index is 13.1. The Labute approximate surface area is 185 Å². The van der Waals surface area contributed by atoms with E-state index < -0.39 is 22.6 Å². The summed E-state index contributed by atoms with van der Waals surface area (Å²) in [7, 11) is 1.42. The van der Waals surface area contributed by atoms with Crippen LogP contribution in [0.5, 0.6) is 11.8 Å². The minimum atomic E-state index is -4.62. The quantitative estimate of drug-likeness (QED) is 0.297. The van der Waals surface area contributed by atoms with Crippen LogP contribution in [-0.2, 0) is 10.9 Å². The Balaban J connectivity index is 1.91. The van der Waals surface area contributed by atoms with E-state index in [0.29, 0.717) is 0 Å². The van der Waals surface area contributed by atoms with Gasteiger partial charge in [-0.1, -0.05) is 11.6 Å². The van der Waals surface area contributed by atoms with Crippen molar-refractivity contribution in [1.29, 1.82) is 0 Å². The largest absolute Gasteiger partial charge is 0.477 e. The molecule has 1 N–H and O–H groups in total. The molecule has 0 saturated carbocycles. The zero-order chi connectivity index (χ0) is 23.7. The van der Waals surface area contributed by atoms with Crippen LogP contribution in [0.3, 0.4) is 0 Å². The van der Waals surface area contributed by atoms with Crippen LogP contribution in [0.15, 0.2) is 30.3 Å². The Morgan fingerprint density at radius 3 is 2.41 bits per heavy atom. The van der Waals surface area contributed by atoms with Gasteiger partial charge in [-0.2, -0.15) is 18.2 Å². The van der Waals surface area contributed by atoms with Crippen molar-refractivity contribution in [2.75, 3.05) is 33.5 Å². The van der Waals surface area contributed by atoms with Crippen LogP contribution in [0.1, 0.15) is 22.3 Å². The van der Waals surface area contributed by atoms with Crippen molar-refractivity contribution in [3.8, 4) is 11.8 Å². The molecule has 1 aromatic carbocycles. The van der Waals surface area contributed by atoms with Crippen molar-refractivity contribution in [3.63, 3.8) is 0 Å². The van der Waals surface area contributed by atoms with Crippen molar-refractivity contribution in [2.45, 2.75) is 12.6 Å². The van der Waals surface area contributed by atoms with E-state index in [0.717, 1.165) is 18.2 Å². The molecule has 0 aliphatic heterocycles. The number of nitrogens with zero attached hydrogens (tertiary/aromatic N) is 2. The van der Waals surface area contributed by atoms with E-state index in [1.165, 1.54) is 19.2 Å². The summed E-state index contributed by atoms with van der Waals surface area (Å²) < 4.78 is 54.4. The summed E-state index contributed by atoms with van der Waals surface area (Å²) in [5, 5.41) is 13.4. The minimum absolute atomic E-state index is 0.0104. The summed E-state index contributed by atoms with van der Waals surface area (Å²) in [6.45, 7) is 0.196. The molecule has 174 valence electrons. The Kier molecular flexibility index (Phi) is 9.02. The first-order valence-electron chi connectivity index (χ1n) is 9.17. The highest BCUT2D eigenvalue weighted by molar-refractivity contribution is 6.33. The van der Waals surface area contributed by atoms with Crippen LogP contribution < -0.4 is 14.8 Å². The fourth-order valence-electron chi connectivity index (χ4n) is 2.37. The normalized spacial score (nSPS) is 11.2. The molecule has 1 aromatic heterocycles. The zero-order valence-corrected chi connectivity index (χ0v) is 17.5. The van der Waals surface area contributed by atoms with Gasteiger partial charge in [0.15, 0.2) is 0 Å². The number of methoxy groups -OCH3 is 1. The van der Waals surface area contributed by atoms with Gasteiger partial charge in [0.25, 0.3) is 11.6 Å². The van der Waals surface area contributed by atoms with Crippen molar-refractivity contribution >= 4 is 23.2 Å². The SMILES string of the molecule is COCCOc1cc(C(F)(F)F)cc(OCCCNC(=O)c2cc([N+](=O)[O-])ccc2Cl)n1. The maximum atomic E-state index is 13.1. The van der Waals surface area contributed by atoms with Crippen LogP contribution in [0.4, 0.5) is 18.9 Å². The van der Waals surface area contributed by atoms with Gasteiger partial charge in [-0.3, -0.25) is 14.9 Å². The molecule has 13 heteroatoms. The summed E-state index contributed by atoms with van der Waals surface area (Å²) in [5.74, 6) is -1.19. The lowest BCUT2D eigenvalue weighted by Gasteiger charge is -2.13. The first-order valence-corrected chi connectivity index (χ1v) is 9.55. The van der Waals surface area contributed by atoms with Crippen LogP contribution in [-0.4, -0.2) is 49.3 Å². The third-order valence-electron chi connectivity index (χ3n) is 3.91. The third kappa shape index (κ3) is 7.54. The molecule has 0 fully saturated rings. The van der Waals surface area contributed by atoms with Crippen LogP contribution in [0, 0.1) is 10.1 Å². The number of alkyl halides is 3. The second-order valence-corrected chi connectivity index (χ2v) is 6.66. The second-order valence-electron chi connectivity index (χ2n) is 6.25. The summed E-state index contributed by atoms with van der Waals surface area (Å²) in [6.07, 6.45) is -4.40. The lowest BCUT2D eigenvalue weighted by atomic mass is 10.2. The molecule has 0 spiro atoms. The van der Waals surface area contributed by atoms with Crippen LogP contribution in [0.25, 0.3) is 0 Å². The number of nitro groups is 1. The minimum Gasteiger partial charge on any atom is -0.477 e. The molecule has 2 rings (SSSR count). The number of halogens is 4. The zero-order valence-electron chi connectivity index (χ0n) is 16.8. The number of aromatic nitrogens is 1. The molecule has 1 heterocycles. The Hall–Kier alpha value is -3.12. The number of amides is 1. The summed E-state index contributed by atoms with van der Waals surface area (Å²) in [4.78, 5) is 26.2. The molecule has 0 radical (unpaired) electrons. The molecule has 2 aromatic rings. The molecule has 9 nitrogen and oxygen atoms in total. The van der Waals surface area contributed by atoms with Gasteiger partial charge in [-0.25, -0.2) is 0 Å². The van der Waals surface area contributed by atoms with Gasteiger partial charge in [0.05, 0.1) is 34.3 Å². The van der Waals surface area contributed by atoms with Gasteiger partial charge in [0.2, 0.25) is 11.8 Å². The monoisotopic (exact) mass is 477 g/mol. The van der Waals surface area contributed by atoms with Gasteiger partial charge >= 0.3 is 6.18 Å². The average Bonchev–Trinajstić information content (AvgIpc) is 2.73. The molecule has 0 bridgehead atoms. The smallest absolute Gasteiger partial charge is 0.416 e. The first kappa shape index (κ1) is 25.1. The van der Waals surface area contributed by atoms with Gasteiger partial charge in [0, 0.05) is 37.9 Å². The van der Waals surface area contributed by atoms with E-state index in [4.69, 9.17) is 25.8 Å². The maximum Gasteiger partial charge on any atom is 0.416 e. The van der Waals surface area contributed by atoms with E-state index in [2.05, 4.69) is 10.3 Å². The summed E-state index contributed by atoms with van der Waals surface area (Å²) >= 11 is 5.90. The van der Waals surface area contributed by atoms with Gasteiger partial charge in [0.1, 0.15) is 6.61 Å². The highest BCUT2D eigenvalue weighted by Gasteiger charge is 2.32. The molecule has 0 aliphatic carbocycles. The number of pyridine rings is 1. The van der Waals surface area contributed by atoms with E-state index in [1.807, 2.05) is 0 Å². The van der Waals surface area contributed by atoms with Crippen molar-refractivity contribution < 1.29 is 37.1 Å². The third-order valence-corrected chi connectivity index (χ3v) is 4.23. The fraction of sp³-hybridized carbons (Fsp3) is 0.368. The lowest BCUT2D eigenvalue weighted by Crippen LogP contribution is -2.26. The first-order chi connectivity index (χ1) is 15.1. The van der Waals surface area contributed by atoms with Gasteiger partial charge < -0.3 is 19.5 Å². The lowest BCUT2D eigenvalue weighted by molar-refractivity contribution is -0.384. The van der Waals surface area contributed by atoms with E-state index in [-0.39, 0.29) is 60.8 Å². The second kappa shape index (κ2) is 11.5. The van der Waals surface area contributed by atoms with Crippen LogP contribution in [0.2, 0.25) is 5.02 Å². The number of ether oxygens (including phenoxy) is 3. The van der Waals surface area contributed by atoms with E-state index >= 15 is 0 Å². The topological polar surface area (TPSA) is 113 Å². The molecular formula is C19H19ClF3N3O6. The van der Waals surface area contributed by atoms with E-state index in [9.17, 15) is 28.1 Å². The molecule has 1 amide bonds. The van der Waals surface area contributed by atoms with Gasteiger partial charge in [-0.05, 0) is 12.5 Å². The summed E-state index contributed by atoms with van der Waals surface area (Å²) in [6, 6.07) is 4.95. The highest BCUT2D eigenvalue weighted by Crippen LogP contribution is 2.33. The number of non-ortho nitro benzene ring substituents is 1. The molecule has 0 saturated heterocycles. The average molecular weight is 478 g/mol. The number of nitrogens with one attached hydrogen (secondary N) is 1. The Bertz CT molecular complexity index is 958. The molecule has 32 heavy (non-hydrogen) atoms. The van der Waals surface area contributed by atoms with Crippen molar-refractivity contribution in [1.82, 2.24) is 10.3 Å². The number of benzene rings is 1. The number of carbonyl (C=O) groups excluding carboxylic acids is 1. The van der Waals surface area contributed by atoms with Gasteiger partial charge in [-0.15, -0.1) is 0 Å². The Morgan fingerprint density at radius 1 is 1.16 bits per heavy atom. The predicted molar refractivity (Wildman–Crippen MR) is 107 cm³/mol. The standard InChI is InChI=1S/C19H19ClF3N3O6/c1-30-7-8-32-17-10-12(19(21,22)23)9-16(25-17)31-6-2-5-24-18(27)14-11-13(26(28)29)3-4-15(14)20/h3-4,9-11H,2,5-8H2,1H3,(H,24,27). The fourth-order valence-corrected chi connectivity index (χ4v) is 2.57. The van der Waals surface area contributed by atoms with Crippen molar-refractivity contribution in [3.05, 3.63) is 56.6 Å². The highest BCUT2D eigenvalue weighted by atomic mass is 35.5. The Morgan fingerprint density at radius 2 is 1.81 bits per heavy atom. The summed E-state index contributed by atoms with van der Waals surface area (Å²) in [5.41, 5.74) is -1.34. The molecule has 0 atom stereocenters. The number of nitro benzene ring substituents is 1. The number of rotatable bonds is 11. The number of hydrogen-bond donors (Lipinski definition) is 1. The number of carbonyl (C=O) groups is 1. The molecular weight excluding hydrogens is 459 g/mol. The molecule has 0 unspecified atom stereocenters. The number of hydrogen-bond acceptors (Lipinski definition) is 7. The van der Waals surface area contributed by atoms with Crippen LogP contribution >= 0.6 is 11.6 Å². The predicted octanol–water partition coefficient (Wildman–Crippen LogP) is 3.89.